The number of fused-ring (bicyclic) bond motifs is 3. The second kappa shape index (κ2) is 8.63. The van der Waals surface area contributed by atoms with Gasteiger partial charge in [0.05, 0.1) is 30.6 Å². The van der Waals surface area contributed by atoms with E-state index in [-0.39, 0.29) is 17.6 Å². The number of hydrogen-bond acceptors (Lipinski definition) is 8. The molecule has 35 heavy (non-hydrogen) atoms. The monoisotopic (exact) mass is 480 g/mol. The van der Waals surface area contributed by atoms with E-state index in [9.17, 15) is 4.39 Å². The third-order valence-corrected chi connectivity index (χ3v) is 7.32. The average Bonchev–Trinajstić information content (AvgIpc) is 3.54. The van der Waals surface area contributed by atoms with Gasteiger partial charge in [0.25, 0.3) is 0 Å². The van der Waals surface area contributed by atoms with Crippen LogP contribution in [0.1, 0.15) is 50.4 Å². The Morgan fingerprint density at radius 2 is 1.97 bits per heavy atom. The minimum atomic E-state index is -0.475. The molecule has 0 bridgehead atoms. The molecule has 0 saturated carbocycles. The number of nitrogens with two attached hydrogens (primary N) is 1. The van der Waals surface area contributed by atoms with Gasteiger partial charge < -0.3 is 20.1 Å². The Morgan fingerprint density at radius 1 is 1.14 bits per heavy atom. The van der Waals surface area contributed by atoms with Crippen LogP contribution in [0.15, 0.2) is 24.5 Å². The first-order chi connectivity index (χ1) is 17.0. The van der Waals surface area contributed by atoms with Crippen LogP contribution in [-0.4, -0.2) is 62.3 Å². The van der Waals surface area contributed by atoms with E-state index < -0.39 is 5.82 Å². The number of methoxy groups -OCH3 is 1. The molecule has 2 saturated heterocycles. The summed E-state index contributed by atoms with van der Waals surface area (Å²) < 4.78 is 28.6. The van der Waals surface area contributed by atoms with Crippen LogP contribution < -0.4 is 15.4 Å². The number of benzene rings is 1. The predicted molar refractivity (Wildman–Crippen MR) is 129 cm³/mol. The molecular formula is C24H29FN8O2. The van der Waals surface area contributed by atoms with Crippen LogP contribution in [0.3, 0.4) is 0 Å². The molecule has 0 radical (unpaired) electrons. The van der Waals surface area contributed by atoms with Crippen molar-refractivity contribution < 1.29 is 13.9 Å². The zero-order chi connectivity index (χ0) is 24.1. The number of hydrogen-bond donors (Lipinski definition) is 1. The van der Waals surface area contributed by atoms with Gasteiger partial charge in [0.2, 0.25) is 5.95 Å². The van der Waals surface area contributed by atoms with Crippen molar-refractivity contribution in [2.75, 3.05) is 37.5 Å². The van der Waals surface area contributed by atoms with E-state index in [2.05, 4.69) is 32.8 Å². The van der Waals surface area contributed by atoms with E-state index in [0.717, 1.165) is 51.1 Å². The highest BCUT2D eigenvalue weighted by atomic mass is 19.1. The van der Waals surface area contributed by atoms with E-state index in [1.54, 1.807) is 0 Å². The molecule has 0 aliphatic carbocycles. The Balaban J connectivity index is 1.31. The molecule has 4 aromatic rings. The molecule has 6 rings (SSSR count). The quantitative estimate of drug-likeness (QED) is 0.474. The molecule has 184 valence electrons. The maximum absolute atomic E-state index is 14.5. The summed E-state index contributed by atoms with van der Waals surface area (Å²) in [5.74, 6) is 0.647. The molecule has 2 atom stereocenters. The number of anilines is 2. The third-order valence-electron chi connectivity index (χ3n) is 7.32. The summed E-state index contributed by atoms with van der Waals surface area (Å²) in [6.45, 7) is 4.57. The Hall–Kier alpha value is -3.47. The molecule has 0 amide bonds. The van der Waals surface area contributed by atoms with E-state index in [4.69, 9.17) is 25.3 Å². The summed E-state index contributed by atoms with van der Waals surface area (Å²) in [6, 6.07) is 3.69. The third kappa shape index (κ3) is 3.83. The molecule has 5 heterocycles. The maximum Gasteiger partial charge on any atom is 0.223 e. The SMILES string of the molecule is COc1cc2nc(N)n3nc([C@H]4CC[C@@H](C)N(c5cnn(C6CCOCC6)c5)C4)nc3c2cc1F. The summed E-state index contributed by atoms with van der Waals surface area (Å²) >= 11 is 0. The summed E-state index contributed by atoms with van der Waals surface area (Å²) in [7, 11) is 1.42. The van der Waals surface area contributed by atoms with Crippen molar-refractivity contribution in [2.45, 2.75) is 50.6 Å². The van der Waals surface area contributed by atoms with Crippen molar-refractivity contribution in [3.05, 3.63) is 36.2 Å². The maximum atomic E-state index is 14.5. The van der Waals surface area contributed by atoms with Gasteiger partial charge in [-0.3, -0.25) is 4.68 Å². The van der Waals surface area contributed by atoms with Crippen LogP contribution >= 0.6 is 0 Å². The molecule has 0 spiro atoms. The van der Waals surface area contributed by atoms with Gasteiger partial charge in [-0.15, -0.1) is 5.10 Å². The Labute approximate surface area is 201 Å². The molecule has 10 nitrogen and oxygen atoms in total. The number of rotatable bonds is 4. The predicted octanol–water partition coefficient (Wildman–Crippen LogP) is 3.33. The van der Waals surface area contributed by atoms with Gasteiger partial charge in [-0.2, -0.15) is 9.61 Å². The number of ether oxygens (including phenoxy) is 2. The zero-order valence-electron chi connectivity index (χ0n) is 19.9. The summed E-state index contributed by atoms with van der Waals surface area (Å²) in [5, 5.41) is 9.91. The molecule has 1 aromatic carbocycles. The lowest BCUT2D eigenvalue weighted by Gasteiger charge is -2.38. The van der Waals surface area contributed by atoms with Gasteiger partial charge in [-0.05, 0) is 38.7 Å². The number of halogens is 1. The van der Waals surface area contributed by atoms with Crippen molar-refractivity contribution in [3.8, 4) is 5.75 Å². The smallest absolute Gasteiger partial charge is 0.223 e. The first-order valence-corrected chi connectivity index (χ1v) is 12.1. The molecule has 3 aromatic heterocycles. The van der Waals surface area contributed by atoms with Gasteiger partial charge in [-0.1, -0.05) is 0 Å². The molecular weight excluding hydrogens is 451 g/mol. The standard InChI is InChI=1S/C24H29FN8O2/c1-14-3-4-15(12-31(14)17-11-27-32(13-17)16-5-7-35-8-6-16)22-29-23-18-9-19(25)21(34-2)10-20(18)28-24(26)33(23)30-22/h9-11,13-16H,3-8,12H2,1-2H3,(H2,26,28)/t14-,15+/m1/s1. The minimum absolute atomic E-state index is 0.107. The Bertz CT molecular complexity index is 1380. The Morgan fingerprint density at radius 3 is 2.77 bits per heavy atom. The van der Waals surface area contributed by atoms with E-state index in [1.165, 1.54) is 23.8 Å². The first kappa shape index (κ1) is 22.0. The highest BCUT2D eigenvalue weighted by molar-refractivity contribution is 5.93. The molecule has 2 aliphatic rings. The van der Waals surface area contributed by atoms with Gasteiger partial charge in [-0.25, -0.2) is 14.4 Å². The van der Waals surface area contributed by atoms with E-state index in [1.807, 2.05) is 6.20 Å². The highest BCUT2D eigenvalue weighted by Crippen LogP contribution is 2.34. The largest absolute Gasteiger partial charge is 0.494 e. The van der Waals surface area contributed by atoms with Gasteiger partial charge in [0.1, 0.15) is 0 Å². The zero-order valence-corrected chi connectivity index (χ0v) is 19.9. The number of nitrogens with zero attached hydrogens (tertiary/aromatic N) is 7. The van der Waals surface area contributed by atoms with Crippen molar-refractivity contribution in [1.29, 1.82) is 0 Å². The first-order valence-electron chi connectivity index (χ1n) is 12.1. The van der Waals surface area contributed by atoms with Crippen LogP contribution in [0, 0.1) is 5.82 Å². The minimum Gasteiger partial charge on any atom is -0.494 e. The molecule has 2 aliphatic heterocycles. The topological polar surface area (TPSA) is 109 Å². The fraction of sp³-hybridized carbons (Fsp3) is 0.500. The fourth-order valence-corrected chi connectivity index (χ4v) is 5.28. The van der Waals surface area contributed by atoms with Crippen molar-refractivity contribution in [2.24, 2.45) is 0 Å². The highest BCUT2D eigenvalue weighted by Gasteiger charge is 2.31. The van der Waals surface area contributed by atoms with Crippen LogP contribution in [0.4, 0.5) is 16.0 Å². The molecule has 11 heteroatoms. The van der Waals surface area contributed by atoms with Gasteiger partial charge in [0.15, 0.2) is 23.0 Å². The summed E-state index contributed by atoms with van der Waals surface area (Å²) in [5.41, 5.74) is 8.32. The van der Waals surface area contributed by atoms with E-state index in [0.29, 0.717) is 34.5 Å². The van der Waals surface area contributed by atoms with Crippen LogP contribution in [0.25, 0.3) is 16.6 Å². The average molecular weight is 481 g/mol. The van der Waals surface area contributed by atoms with Gasteiger partial charge in [0, 0.05) is 49.4 Å². The lowest BCUT2D eigenvalue weighted by atomic mass is 9.92. The van der Waals surface area contributed by atoms with Crippen LogP contribution in [-0.2, 0) is 4.74 Å². The lowest BCUT2D eigenvalue weighted by Crippen LogP contribution is -2.41. The van der Waals surface area contributed by atoms with Gasteiger partial charge >= 0.3 is 0 Å². The second-order valence-corrected chi connectivity index (χ2v) is 9.48. The number of nitrogen functional groups attached to an aromatic ring is 1. The summed E-state index contributed by atoms with van der Waals surface area (Å²) in [6.07, 6.45) is 8.04. The molecule has 0 unspecified atom stereocenters. The number of aromatic nitrogens is 6. The molecule has 2 fully saturated rings. The van der Waals surface area contributed by atoms with E-state index >= 15 is 0 Å². The summed E-state index contributed by atoms with van der Waals surface area (Å²) in [4.78, 5) is 11.6. The lowest BCUT2D eigenvalue weighted by molar-refractivity contribution is 0.0662. The van der Waals surface area contributed by atoms with Crippen LogP contribution in [0.2, 0.25) is 0 Å². The van der Waals surface area contributed by atoms with Crippen molar-refractivity contribution in [3.63, 3.8) is 0 Å². The van der Waals surface area contributed by atoms with Crippen molar-refractivity contribution >= 4 is 28.2 Å². The van der Waals surface area contributed by atoms with Crippen molar-refractivity contribution in [1.82, 2.24) is 29.4 Å². The van der Waals surface area contributed by atoms with Crippen LogP contribution in [0.5, 0.6) is 5.75 Å². The Kier molecular flexibility index (Phi) is 5.43. The fourth-order valence-electron chi connectivity index (χ4n) is 5.28. The second-order valence-electron chi connectivity index (χ2n) is 9.48. The normalized spacial score (nSPS) is 21.7. The number of piperidine rings is 1. The molecule has 2 N–H and O–H groups in total.